The zero-order chi connectivity index (χ0) is 14.9. The Balaban J connectivity index is 2.38. The van der Waals surface area contributed by atoms with Crippen molar-refractivity contribution < 1.29 is 13.0 Å². The van der Waals surface area contributed by atoms with Gasteiger partial charge in [0.25, 0.3) is 0 Å². The van der Waals surface area contributed by atoms with Crippen LogP contribution in [0.5, 0.6) is 0 Å². The van der Waals surface area contributed by atoms with Crippen LogP contribution in [0.15, 0.2) is 39.7 Å². The predicted molar refractivity (Wildman–Crippen MR) is 79.8 cm³/mol. The third kappa shape index (κ3) is 2.91. The molecule has 6 heteroatoms. The van der Waals surface area contributed by atoms with Gasteiger partial charge < -0.3 is 5.73 Å². The van der Waals surface area contributed by atoms with E-state index < -0.39 is 22.4 Å². The van der Waals surface area contributed by atoms with E-state index in [2.05, 4.69) is 15.9 Å². The molecule has 1 unspecified atom stereocenters. The second-order valence-corrected chi connectivity index (χ2v) is 6.56. The van der Waals surface area contributed by atoms with Crippen LogP contribution < -0.4 is 5.73 Å². The van der Waals surface area contributed by atoms with Crippen molar-refractivity contribution in [3.8, 4) is 0 Å². The average molecular weight is 360 g/mol. The highest BCUT2D eigenvalue weighted by atomic mass is 79.9. The highest BCUT2D eigenvalue weighted by molar-refractivity contribution is 9.10. The van der Waals surface area contributed by atoms with Crippen molar-refractivity contribution in [3.05, 3.63) is 57.6 Å². The minimum atomic E-state index is -1.57. The summed E-state index contributed by atoms with van der Waals surface area (Å²) in [7, 11) is -1.57. The van der Waals surface area contributed by atoms with E-state index in [0.29, 0.717) is 16.1 Å². The fourth-order valence-corrected chi connectivity index (χ4v) is 3.53. The summed E-state index contributed by atoms with van der Waals surface area (Å²) in [5.41, 5.74) is 6.72. The molecule has 0 radical (unpaired) electrons. The average Bonchev–Trinajstić information content (AvgIpc) is 2.42. The third-order valence-electron chi connectivity index (χ3n) is 2.99. The molecule has 0 amide bonds. The van der Waals surface area contributed by atoms with Crippen molar-refractivity contribution >= 4 is 32.4 Å². The maximum atomic E-state index is 13.9. The first kappa shape index (κ1) is 15.1. The topological polar surface area (TPSA) is 43.1 Å². The van der Waals surface area contributed by atoms with Gasteiger partial charge in [-0.05, 0) is 52.7 Å². The van der Waals surface area contributed by atoms with Gasteiger partial charge in [-0.2, -0.15) is 0 Å². The highest BCUT2D eigenvalue weighted by Gasteiger charge is 2.17. The maximum absolute atomic E-state index is 13.9. The molecule has 2 aromatic carbocycles. The number of hydrogen-bond donors (Lipinski definition) is 1. The minimum absolute atomic E-state index is 0.148. The largest absolute Gasteiger partial charge is 0.398 e. The van der Waals surface area contributed by atoms with Gasteiger partial charge in [-0.1, -0.05) is 6.07 Å². The molecule has 0 aliphatic heterocycles. The first-order valence-electron chi connectivity index (χ1n) is 5.77. The molecule has 0 saturated heterocycles. The lowest BCUT2D eigenvalue weighted by Gasteiger charge is -2.10. The first-order chi connectivity index (χ1) is 9.41. The maximum Gasteiger partial charge on any atom is 0.144 e. The smallest absolute Gasteiger partial charge is 0.144 e. The Hall–Kier alpha value is -1.27. The standard InChI is InChI=1S/C14H12BrF2NOS/c1-8-12(18)3-2-4-13(8)20(19)7-9-11(16)6-5-10(15)14(9)17/h2-6H,7,18H2,1H3. The van der Waals surface area contributed by atoms with E-state index in [0.717, 1.165) is 6.07 Å². The van der Waals surface area contributed by atoms with Crippen LogP contribution in [-0.2, 0) is 16.6 Å². The summed E-state index contributed by atoms with van der Waals surface area (Å²) >= 11 is 2.99. The van der Waals surface area contributed by atoms with Crippen molar-refractivity contribution in [2.24, 2.45) is 0 Å². The fourth-order valence-electron chi connectivity index (χ4n) is 1.79. The van der Waals surface area contributed by atoms with Gasteiger partial charge in [-0.15, -0.1) is 0 Å². The molecule has 0 spiro atoms. The monoisotopic (exact) mass is 359 g/mol. The first-order valence-corrected chi connectivity index (χ1v) is 7.89. The zero-order valence-corrected chi connectivity index (χ0v) is 13.0. The van der Waals surface area contributed by atoms with E-state index in [1.165, 1.54) is 6.07 Å². The Morgan fingerprint density at radius 1 is 1.25 bits per heavy atom. The van der Waals surface area contributed by atoms with Crippen LogP contribution in [0.2, 0.25) is 0 Å². The molecule has 1 atom stereocenters. The molecule has 0 aromatic heterocycles. The van der Waals surface area contributed by atoms with Gasteiger partial charge in [0.2, 0.25) is 0 Å². The SMILES string of the molecule is Cc1c(N)cccc1S(=O)Cc1c(F)ccc(Br)c1F. The Labute approximate surface area is 126 Å². The number of halogens is 3. The lowest BCUT2D eigenvalue weighted by atomic mass is 10.2. The molecule has 2 N–H and O–H groups in total. The van der Waals surface area contributed by atoms with Gasteiger partial charge in [-0.25, -0.2) is 8.78 Å². The molecular weight excluding hydrogens is 348 g/mol. The van der Waals surface area contributed by atoms with Gasteiger partial charge in [0.1, 0.15) is 11.6 Å². The number of anilines is 1. The summed E-state index contributed by atoms with van der Waals surface area (Å²) in [6.45, 7) is 1.73. The number of hydrogen-bond acceptors (Lipinski definition) is 2. The summed E-state index contributed by atoms with van der Waals surface area (Å²) in [4.78, 5) is 0.490. The molecule has 0 aliphatic rings. The number of benzene rings is 2. The van der Waals surface area contributed by atoms with E-state index in [1.807, 2.05) is 0 Å². The van der Waals surface area contributed by atoms with Crippen molar-refractivity contribution in [3.63, 3.8) is 0 Å². The molecule has 0 fully saturated rings. The Bertz CT molecular complexity index is 691. The van der Waals surface area contributed by atoms with Gasteiger partial charge >= 0.3 is 0 Å². The Morgan fingerprint density at radius 3 is 2.65 bits per heavy atom. The third-order valence-corrected chi connectivity index (χ3v) is 5.08. The van der Waals surface area contributed by atoms with Crippen LogP contribution in [0.3, 0.4) is 0 Å². The predicted octanol–water partition coefficient (Wildman–Crippen LogP) is 3.93. The van der Waals surface area contributed by atoms with Gasteiger partial charge in [0.05, 0.1) is 21.0 Å². The quantitative estimate of drug-likeness (QED) is 0.666. The minimum Gasteiger partial charge on any atom is -0.398 e. The van der Waals surface area contributed by atoms with Crippen molar-refractivity contribution in [1.82, 2.24) is 0 Å². The molecule has 20 heavy (non-hydrogen) atoms. The summed E-state index contributed by atoms with van der Waals surface area (Å²) < 4.78 is 40.0. The summed E-state index contributed by atoms with van der Waals surface area (Å²) in [6.07, 6.45) is 0. The second-order valence-electron chi connectivity index (χ2n) is 4.28. The van der Waals surface area contributed by atoms with Gasteiger partial charge in [0.15, 0.2) is 0 Å². The van der Waals surface area contributed by atoms with E-state index >= 15 is 0 Å². The molecule has 106 valence electrons. The normalized spacial score (nSPS) is 12.4. The number of rotatable bonds is 3. The van der Waals surface area contributed by atoms with Crippen molar-refractivity contribution in [2.75, 3.05) is 5.73 Å². The van der Waals surface area contributed by atoms with Crippen LogP contribution >= 0.6 is 15.9 Å². The lowest BCUT2D eigenvalue weighted by molar-refractivity contribution is 0.560. The molecule has 0 heterocycles. The summed E-state index contributed by atoms with van der Waals surface area (Å²) in [5.74, 6) is -1.66. The Morgan fingerprint density at radius 2 is 1.95 bits per heavy atom. The second kappa shape index (κ2) is 6.01. The highest BCUT2D eigenvalue weighted by Crippen LogP contribution is 2.26. The van der Waals surface area contributed by atoms with Crippen LogP contribution in [-0.4, -0.2) is 4.21 Å². The molecule has 2 aromatic rings. The van der Waals surface area contributed by atoms with Crippen LogP contribution in [0.25, 0.3) is 0 Å². The number of nitrogens with two attached hydrogens (primary N) is 1. The van der Waals surface area contributed by atoms with Gasteiger partial charge in [0, 0.05) is 16.1 Å². The fraction of sp³-hybridized carbons (Fsp3) is 0.143. The summed E-state index contributed by atoms with van der Waals surface area (Å²) in [6, 6.07) is 7.43. The van der Waals surface area contributed by atoms with Crippen molar-refractivity contribution in [1.29, 1.82) is 0 Å². The van der Waals surface area contributed by atoms with Crippen LogP contribution in [0.4, 0.5) is 14.5 Å². The van der Waals surface area contributed by atoms with Crippen LogP contribution in [0.1, 0.15) is 11.1 Å². The van der Waals surface area contributed by atoms with E-state index in [1.54, 1.807) is 25.1 Å². The summed E-state index contributed by atoms with van der Waals surface area (Å²) in [5, 5.41) is 0. The molecule has 0 bridgehead atoms. The van der Waals surface area contributed by atoms with E-state index in [-0.39, 0.29) is 15.8 Å². The van der Waals surface area contributed by atoms with Gasteiger partial charge in [-0.3, -0.25) is 4.21 Å². The molecule has 2 rings (SSSR count). The zero-order valence-electron chi connectivity index (χ0n) is 10.6. The van der Waals surface area contributed by atoms with Crippen molar-refractivity contribution in [2.45, 2.75) is 17.6 Å². The number of nitrogen functional groups attached to an aromatic ring is 1. The van der Waals surface area contributed by atoms with Crippen LogP contribution in [0, 0.1) is 18.6 Å². The molecule has 0 aliphatic carbocycles. The Kier molecular flexibility index (Phi) is 4.55. The van der Waals surface area contributed by atoms with E-state index in [4.69, 9.17) is 5.73 Å². The molecular formula is C14H12BrF2NOS. The molecule has 0 saturated carbocycles. The lowest BCUT2D eigenvalue weighted by Crippen LogP contribution is -2.05. The molecule has 2 nitrogen and oxygen atoms in total. The van der Waals surface area contributed by atoms with E-state index in [9.17, 15) is 13.0 Å².